The number of carboxylic acid groups (broad SMARTS) is 1. The molecule has 3 aliphatic rings. The van der Waals surface area contributed by atoms with Gasteiger partial charge in [0.1, 0.15) is 17.6 Å². The Balaban J connectivity index is 1.67. The number of ether oxygens (including phenoxy) is 1. The van der Waals surface area contributed by atoms with Crippen molar-refractivity contribution in [3.8, 4) is 0 Å². The van der Waals surface area contributed by atoms with Gasteiger partial charge in [-0.1, -0.05) is 55.5 Å². The van der Waals surface area contributed by atoms with Gasteiger partial charge < -0.3 is 24.7 Å². The molecule has 8 nitrogen and oxygen atoms in total. The van der Waals surface area contributed by atoms with Crippen LogP contribution in [0.4, 0.5) is 5.69 Å². The maximum absolute atomic E-state index is 14.8. The lowest BCUT2D eigenvalue weighted by molar-refractivity contribution is -0.157. The SMILES string of the molecule is C=CCN(C(=O)C1N([C@@H](CO)Cc2ccccc2)C(=O)[C@@H]2[C@H](C(=O)O)[C@@]3(C)OC12CC3C)c1cc(C)ccc1C. The zero-order valence-corrected chi connectivity index (χ0v) is 23.5. The van der Waals surface area contributed by atoms with Crippen LogP contribution >= 0.6 is 0 Å². The number of aliphatic hydroxyl groups excluding tert-OH is 1. The number of rotatable bonds is 9. The highest BCUT2D eigenvalue weighted by molar-refractivity contribution is 6.05. The van der Waals surface area contributed by atoms with Crippen LogP contribution in [0.25, 0.3) is 0 Å². The molecule has 212 valence electrons. The van der Waals surface area contributed by atoms with Crippen molar-refractivity contribution in [2.75, 3.05) is 18.1 Å². The average molecular weight is 547 g/mol. The number of likely N-dealkylation sites (tertiary alicyclic amines) is 1. The average Bonchev–Trinajstić information content (AvgIpc) is 3.44. The van der Waals surface area contributed by atoms with Crippen molar-refractivity contribution in [2.45, 2.75) is 63.8 Å². The van der Waals surface area contributed by atoms with Gasteiger partial charge in [-0.2, -0.15) is 0 Å². The first-order valence-electron chi connectivity index (χ1n) is 13.9. The number of aliphatic hydroxyl groups is 1. The minimum absolute atomic E-state index is 0.192. The normalized spacial score (nSPS) is 31.2. The Hall–Kier alpha value is -3.49. The van der Waals surface area contributed by atoms with Crippen LogP contribution in [0, 0.1) is 31.6 Å². The second-order valence-electron chi connectivity index (χ2n) is 11.8. The Morgan fingerprint density at radius 3 is 2.55 bits per heavy atom. The predicted octanol–water partition coefficient (Wildman–Crippen LogP) is 3.52. The molecule has 3 fully saturated rings. The quantitative estimate of drug-likeness (QED) is 0.466. The van der Waals surface area contributed by atoms with Crippen molar-refractivity contribution < 1.29 is 29.3 Å². The molecule has 2 bridgehead atoms. The topological polar surface area (TPSA) is 107 Å². The van der Waals surface area contributed by atoms with E-state index < -0.39 is 47.0 Å². The van der Waals surface area contributed by atoms with E-state index in [0.717, 1.165) is 16.7 Å². The van der Waals surface area contributed by atoms with Crippen molar-refractivity contribution in [3.05, 3.63) is 77.9 Å². The molecule has 8 heteroatoms. The number of hydrogen-bond donors (Lipinski definition) is 2. The van der Waals surface area contributed by atoms with Crippen LogP contribution in [0.3, 0.4) is 0 Å². The van der Waals surface area contributed by atoms with E-state index in [2.05, 4.69) is 6.58 Å². The number of amides is 2. The van der Waals surface area contributed by atoms with Gasteiger partial charge in [0.05, 0.1) is 24.2 Å². The number of carboxylic acids is 1. The molecule has 3 aliphatic heterocycles. The molecular formula is C32H38N2O6. The minimum Gasteiger partial charge on any atom is -0.481 e. The van der Waals surface area contributed by atoms with E-state index in [9.17, 15) is 24.6 Å². The van der Waals surface area contributed by atoms with Gasteiger partial charge in [-0.25, -0.2) is 0 Å². The van der Waals surface area contributed by atoms with Gasteiger partial charge in [-0.05, 0) is 62.3 Å². The summed E-state index contributed by atoms with van der Waals surface area (Å²) in [5.41, 5.74) is 1.03. The fraction of sp³-hybridized carbons (Fsp3) is 0.469. The fourth-order valence-corrected chi connectivity index (χ4v) is 7.46. The Bertz CT molecular complexity index is 1340. The lowest BCUT2D eigenvalue weighted by atomic mass is 9.62. The summed E-state index contributed by atoms with van der Waals surface area (Å²) in [4.78, 5) is 44.9. The minimum atomic E-state index is -1.33. The van der Waals surface area contributed by atoms with Crippen molar-refractivity contribution >= 4 is 23.5 Å². The molecule has 40 heavy (non-hydrogen) atoms. The van der Waals surface area contributed by atoms with E-state index in [1.807, 2.05) is 69.3 Å². The molecule has 3 unspecified atom stereocenters. The number of aliphatic carboxylic acids is 1. The smallest absolute Gasteiger partial charge is 0.310 e. The first-order valence-corrected chi connectivity index (χ1v) is 13.9. The van der Waals surface area contributed by atoms with Gasteiger partial charge in [0.15, 0.2) is 0 Å². The fourth-order valence-electron chi connectivity index (χ4n) is 7.46. The lowest BCUT2D eigenvalue weighted by Crippen LogP contribution is -2.59. The van der Waals surface area contributed by atoms with Crippen LogP contribution in [-0.4, -0.2) is 69.3 Å². The maximum Gasteiger partial charge on any atom is 0.310 e. The van der Waals surface area contributed by atoms with E-state index in [-0.39, 0.29) is 25.0 Å². The summed E-state index contributed by atoms with van der Waals surface area (Å²) >= 11 is 0. The standard InChI is InChI=1S/C32H38N2O6/c1-6-14-33(24-15-19(2)12-13-20(24)3)29(37)27-32-17-21(4)31(5,40-32)26(30(38)39)25(32)28(36)34(27)23(18-35)16-22-10-8-7-9-11-22/h6-13,15,21,23,25-27,35H,1,14,16-18H2,2-5H3,(H,38,39)/t21?,23-,25+,26-,27?,31+,32?/m1/s1. The van der Waals surface area contributed by atoms with Crippen LogP contribution in [-0.2, 0) is 25.5 Å². The number of carbonyl (C=O) groups excluding carboxylic acids is 2. The number of carbonyl (C=O) groups is 3. The van der Waals surface area contributed by atoms with Crippen molar-refractivity contribution in [3.63, 3.8) is 0 Å². The van der Waals surface area contributed by atoms with Crippen molar-refractivity contribution in [2.24, 2.45) is 17.8 Å². The van der Waals surface area contributed by atoms with Crippen molar-refractivity contribution in [1.29, 1.82) is 0 Å². The summed E-state index contributed by atoms with van der Waals surface area (Å²) in [6.07, 6.45) is 2.32. The number of nitrogens with zero attached hydrogens (tertiary/aromatic N) is 2. The molecular weight excluding hydrogens is 508 g/mol. The third-order valence-corrected chi connectivity index (χ3v) is 9.40. The van der Waals surface area contributed by atoms with Gasteiger partial charge in [-0.3, -0.25) is 14.4 Å². The molecule has 2 aromatic rings. The van der Waals surface area contributed by atoms with Gasteiger partial charge in [-0.15, -0.1) is 6.58 Å². The number of fused-ring (bicyclic) bond motifs is 1. The Kier molecular flexibility index (Phi) is 7.13. The molecule has 2 N–H and O–H groups in total. The first kappa shape index (κ1) is 28.1. The zero-order chi connectivity index (χ0) is 29.0. The summed E-state index contributed by atoms with van der Waals surface area (Å²) < 4.78 is 6.66. The highest BCUT2D eigenvalue weighted by Crippen LogP contribution is 2.65. The van der Waals surface area contributed by atoms with Crippen LogP contribution < -0.4 is 4.90 Å². The third-order valence-electron chi connectivity index (χ3n) is 9.40. The van der Waals surface area contributed by atoms with E-state index in [1.165, 1.54) is 4.90 Å². The molecule has 1 spiro atoms. The van der Waals surface area contributed by atoms with E-state index in [1.54, 1.807) is 17.9 Å². The van der Waals surface area contributed by atoms with Crippen LogP contribution in [0.1, 0.15) is 37.0 Å². The highest BCUT2D eigenvalue weighted by Gasteiger charge is 2.80. The summed E-state index contributed by atoms with van der Waals surface area (Å²) in [7, 11) is 0. The lowest BCUT2D eigenvalue weighted by Gasteiger charge is -2.40. The monoisotopic (exact) mass is 546 g/mol. The second-order valence-corrected chi connectivity index (χ2v) is 11.8. The molecule has 0 saturated carbocycles. The van der Waals surface area contributed by atoms with Crippen LogP contribution in [0.5, 0.6) is 0 Å². The second kappa shape index (κ2) is 10.2. The van der Waals surface area contributed by atoms with Crippen LogP contribution in [0.2, 0.25) is 0 Å². The highest BCUT2D eigenvalue weighted by atomic mass is 16.5. The van der Waals surface area contributed by atoms with Gasteiger partial charge in [0.25, 0.3) is 5.91 Å². The molecule has 2 amide bonds. The summed E-state index contributed by atoms with van der Waals surface area (Å²) in [5, 5.41) is 21.0. The summed E-state index contributed by atoms with van der Waals surface area (Å²) in [6.45, 7) is 11.2. The maximum atomic E-state index is 14.8. The van der Waals surface area contributed by atoms with Crippen LogP contribution in [0.15, 0.2) is 61.2 Å². The summed E-state index contributed by atoms with van der Waals surface area (Å²) in [5.74, 6) is -4.25. The molecule has 3 heterocycles. The molecule has 3 saturated heterocycles. The van der Waals surface area contributed by atoms with Crippen molar-refractivity contribution in [1.82, 2.24) is 4.90 Å². The Labute approximate surface area is 235 Å². The number of anilines is 1. The molecule has 0 aromatic heterocycles. The van der Waals surface area contributed by atoms with E-state index in [0.29, 0.717) is 18.5 Å². The molecule has 0 aliphatic carbocycles. The van der Waals surface area contributed by atoms with Gasteiger partial charge in [0, 0.05) is 12.2 Å². The zero-order valence-electron chi connectivity index (χ0n) is 23.5. The largest absolute Gasteiger partial charge is 0.481 e. The predicted molar refractivity (Wildman–Crippen MR) is 151 cm³/mol. The van der Waals surface area contributed by atoms with E-state index in [4.69, 9.17) is 4.74 Å². The third kappa shape index (κ3) is 4.08. The number of benzene rings is 2. The first-order chi connectivity index (χ1) is 19.0. The van der Waals surface area contributed by atoms with E-state index >= 15 is 0 Å². The Morgan fingerprint density at radius 1 is 1.23 bits per heavy atom. The number of hydrogen-bond acceptors (Lipinski definition) is 5. The number of aryl methyl sites for hydroxylation is 2. The molecule has 2 aromatic carbocycles. The van der Waals surface area contributed by atoms with Gasteiger partial charge in [0.2, 0.25) is 5.91 Å². The Morgan fingerprint density at radius 2 is 1.93 bits per heavy atom. The molecule has 7 atom stereocenters. The summed E-state index contributed by atoms with van der Waals surface area (Å²) in [6, 6.07) is 13.5. The van der Waals surface area contributed by atoms with Gasteiger partial charge >= 0.3 is 5.97 Å². The molecule has 5 rings (SSSR count). The molecule has 0 radical (unpaired) electrons.